The summed E-state index contributed by atoms with van der Waals surface area (Å²) in [5.74, 6) is 1.52. The Morgan fingerprint density at radius 2 is 2.19 bits per heavy atom. The Kier molecular flexibility index (Phi) is 4.24. The first-order valence-corrected chi connectivity index (χ1v) is 8.91. The minimum absolute atomic E-state index is 0.0753. The number of ether oxygens (including phenoxy) is 1. The van der Waals surface area contributed by atoms with Gasteiger partial charge in [-0.15, -0.1) is 0 Å². The third-order valence-corrected chi connectivity index (χ3v) is 5.20. The Hall–Kier alpha value is -2.67. The fraction of sp³-hybridized carbons (Fsp3) is 0.421. The lowest BCUT2D eigenvalue weighted by molar-refractivity contribution is 0.0799. The molecular weight excluding hydrogens is 330 g/mol. The molecule has 3 aromatic rings. The highest BCUT2D eigenvalue weighted by Gasteiger charge is 2.33. The van der Waals surface area contributed by atoms with Crippen molar-refractivity contribution >= 4 is 16.8 Å². The van der Waals surface area contributed by atoms with Gasteiger partial charge in [-0.1, -0.05) is 12.1 Å². The lowest BCUT2D eigenvalue weighted by atomic mass is 10.0. The number of aryl methyl sites for hydroxylation is 3. The van der Waals surface area contributed by atoms with Crippen molar-refractivity contribution in [1.29, 1.82) is 0 Å². The molecule has 7 heteroatoms. The minimum atomic E-state index is -0.175. The zero-order valence-electron chi connectivity index (χ0n) is 15.2. The normalized spacial score (nSPS) is 20.0. The molecular formula is C19H23N5O2. The van der Waals surface area contributed by atoms with Crippen LogP contribution in [-0.2, 0) is 4.74 Å². The van der Waals surface area contributed by atoms with Crippen LogP contribution >= 0.6 is 0 Å². The Labute approximate surface area is 151 Å². The molecule has 1 aliphatic rings. The fourth-order valence-electron chi connectivity index (χ4n) is 3.61. The number of aromatic nitrogens is 4. The maximum Gasteiger partial charge on any atom is 0.253 e. The first-order chi connectivity index (χ1) is 12.5. The number of benzene rings is 1. The summed E-state index contributed by atoms with van der Waals surface area (Å²) >= 11 is 0. The number of nitrogens with one attached hydrogen (secondary N) is 3. The number of nitrogens with zero attached hydrogens (tertiary/aromatic N) is 2. The highest BCUT2D eigenvalue weighted by Crippen LogP contribution is 2.32. The molecule has 1 amide bonds. The lowest BCUT2D eigenvalue weighted by Gasteiger charge is -2.16. The van der Waals surface area contributed by atoms with Crippen LogP contribution in [0.3, 0.4) is 0 Å². The zero-order valence-corrected chi connectivity index (χ0v) is 15.2. The number of amides is 1. The monoisotopic (exact) mass is 353 g/mol. The van der Waals surface area contributed by atoms with Crippen molar-refractivity contribution in [1.82, 2.24) is 25.5 Å². The lowest BCUT2D eigenvalue weighted by Crippen LogP contribution is -2.31. The summed E-state index contributed by atoms with van der Waals surface area (Å²) in [5.41, 5.74) is 3.83. The SMILES string of the molecule is Cc1nc([C@H]2OCC[C@H]2CNC(=O)c2cccc3c(C)c(C)[nH]c23)n[nH]1. The molecule has 3 N–H and O–H groups in total. The van der Waals surface area contributed by atoms with Crippen molar-refractivity contribution in [3.05, 3.63) is 46.7 Å². The Morgan fingerprint density at radius 1 is 1.35 bits per heavy atom. The van der Waals surface area contributed by atoms with Crippen molar-refractivity contribution in [3.8, 4) is 0 Å². The fourth-order valence-corrected chi connectivity index (χ4v) is 3.61. The van der Waals surface area contributed by atoms with Crippen molar-refractivity contribution in [2.24, 2.45) is 5.92 Å². The van der Waals surface area contributed by atoms with E-state index in [0.717, 1.165) is 28.8 Å². The molecule has 7 nitrogen and oxygen atoms in total. The van der Waals surface area contributed by atoms with Crippen LogP contribution in [0, 0.1) is 26.7 Å². The first-order valence-electron chi connectivity index (χ1n) is 8.91. The van der Waals surface area contributed by atoms with Gasteiger partial charge in [0.2, 0.25) is 0 Å². The second kappa shape index (κ2) is 6.57. The second-order valence-electron chi connectivity index (χ2n) is 6.93. The number of aromatic amines is 2. The van der Waals surface area contributed by atoms with E-state index in [4.69, 9.17) is 4.74 Å². The Bertz CT molecular complexity index is 958. The molecule has 0 saturated carbocycles. The molecule has 3 heterocycles. The van der Waals surface area contributed by atoms with Gasteiger partial charge in [-0.05, 0) is 38.8 Å². The molecule has 136 valence electrons. The van der Waals surface area contributed by atoms with Crippen LogP contribution in [0.4, 0.5) is 0 Å². The van der Waals surface area contributed by atoms with E-state index in [1.165, 1.54) is 5.56 Å². The van der Waals surface area contributed by atoms with E-state index in [1.54, 1.807) is 0 Å². The topological polar surface area (TPSA) is 95.7 Å². The van der Waals surface area contributed by atoms with E-state index in [2.05, 4.69) is 32.4 Å². The number of carbonyl (C=O) groups excluding carboxylic acids is 1. The summed E-state index contributed by atoms with van der Waals surface area (Å²) in [5, 5.41) is 11.2. The number of para-hydroxylation sites is 1. The van der Waals surface area contributed by atoms with Gasteiger partial charge in [0.1, 0.15) is 11.9 Å². The predicted molar refractivity (Wildman–Crippen MR) is 98.0 cm³/mol. The van der Waals surface area contributed by atoms with Gasteiger partial charge in [-0.3, -0.25) is 9.89 Å². The minimum Gasteiger partial charge on any atom is -0.370 e. The molecule has 4 rings (SSSR count). The highest BCUT2D eigenvalue weighted by molar-refractivity contribution is 6.06. The summed E-state index contributed by atoms with van der Waals surface area (Å²) in [6.45, 7) is 7.14. The van der Waals surface area contributed by atoms with Gasteiger partial charge < -0.3 is 15.0 Å². The van der Waals surface area contributed by atoms with E-state index in [-0.39, 0.29) is 17.9 Å². The maximum absolute atomic E-state index is 12.8. The standard InChI is InChI=1S/C19H23N5O2/c1-10-11(2)21-16-14(10)5-4-6-15(16)19(25)20-9-13-7-8-26-17(13)18-22-12(3)23-24-18/h4-6,13,17,21H,7-9H2,1-3H3,(H,20,25)(H,22,23,24)/t13-,17-/m0/s1. The summed E-state index contributed by atoms with van der Waals surface area (Å²) in [6, 6.07) is 5.82. The molecule has 0 unspecified atom stereocenters. The number of fused-ring (bicyclic) bond motifs is 1. The van der Waals surface area contributed by atoms with Gasteiger partial charge in [-0.2, -0.15) is 5.10 Å². The van der Waals surface area contributed by atoms with Crippen molar-refractivity contribution in [2.75, 3.05) is 13.2 Å². The highest BCUT2D eigenvalue weighted by atomic mass is 16.5. The van der Waals surface area contributed by atoms with Gasteiger partial charge in [0.05, 0.1) is 11.1 Å². The number of carbonyl (C=O) groups is 1. The number of hydrogen-bond donors (Lipinski definition) is 3. The van der Waals surface area contributed by atoms with Crippen molar-refractivity contribution < 1.29 is 9.53 Å². The van der Waals surface area contributed by atoms with Crippen LogP contribution in [0.1, 0.15) is 45.8 Å². The molecule has 0 aliphatic carbocycles. The number of rotatable bonds is 4. The molecule has 1 saturated heterocycles. The average Bonchev–Trinajstić information content (AvgIpc) is 3.33. The van der Waals surface area contributed by atoms with Gasteiger partial charge in [0.25, 0.3) is 5.91 Å². The van der Waals surface area contributed by atoms with Crippen LogP contribution < -0.4 is 5.32 Å². The Balaban J connectivity index is 1.50. The van der Waals surface area contributed by atoms with Crippen molar-refractivity contribution in [2.45, 2.75) is 33.3 Å². The molecule has 2 aromatic heterocycles. The maximum atomic E-state index is 12.8. The van der Waals surface area contributed by atoms with E-state index in [0.29, 0.717) is 24.5 Å². The van der Waals surface area contributed by atoms with Gasteiger partial charge >= 0.3 is 0 Å². The van der Waals surface area contributed by atoms with E-state index < -0.39 is 0 Å². The molecule has 26 heavy (non-hydrogen) atoms. The van der Waals surface area contributed by atoms with Gasteiger partial charge in [-0.25, -0.2) is 4.98 Å². The number of H-pyrrole nitrogens is 2. The quantitative estimate of drug-likeness (QED) is 0.672. The molecule has 1 aliphatic heterocycles. The van der Waals surface area contributed by atoms with Crippen LogP contribution in [0.2, 0.25) is 0 Å². The second-order valence-corrected chi connectivity index (χ2v) is 6.93. The van der Waals surface area contributed by atoms with E-state index in [1.807, 2.05) is 32.0 Å². The average molecular weight is 353 g/mol. The van der Waals surface area contributed by atoms with Gasteiger partial charge in [0, 0.05) is 30.1 Å². The first kappa shape index (κ1) is 16.8. The van der Waals surface area contributed by atoms with Crippen LogP contribution in [0.15, 0.2) is 18.2 Å². The largest absolute Gasteiger partial charge is 0.370 e. The van der Waals surface area contributed by atoms with E-state index >= 15 is 0 Å². The summed E-state index contributed by atoms with van der Waals surface area (Å²) in [6.07, 6.45) is 0.703. The van der Waals surface area contributed by atoms with Gasteiger partial charge in [0.15, 0.2) is 5.82 Å². The summed E-state index contributed by atoms with van der Waals surface area (Å²) in [4.78, 5) is 20.5. The number of hydrogen-bond acceptors (Lipinski definition) is 4. The predicted octanol–water partition coefficient (Wildman–Crippen LogP) is 2.72. The smallest absolute Gasteiger partial charge is 0.253 e. The van der Waals surface area contributed by atoms with Crippen LogP contribution in [-0.4, -0.2) is 39.2 Å². The van der Waals surface area contributed by atoms with E-state index in [9.17, 15) is 4.79 Å². The van der Waals surface area contributed by atoms with Crippen LogP contribution in [0.25, 0.3) is 10.9 Å². The molecule has 0 radical (unpaired) electrons. The summed E-state index contributed by atoms with van der Waals surface area (Å²) < 4.78 is 5.79. The molecule has 2 atom stereocenters. The zero-order chi connectivity index (χ0) is 18.3. The van der Waals surface area contributed by atoms with Crippen molar-refractivity contribution in [3.63, 3.8) is 0 Å². The molecule has 1 aromatic carbocycles. The third-order valence-electron chi connectivity index (χ3n) is 5.20. The molecule has 0 spiro atoms. The van der Waals surface area contributed by atoms with Crippen LogP contribution in [0.5, 0.6) is 0 Å². The third kappa shape index (κ3) is 2.88. The summed E-state index contributed by atoms with van der Waals surface area (Å²) in [7, 11) is 0. The molecule has 0 bridgehead atoms. The molecule has 1 fully saturated rings. The Morgan fingerprint density at radius 3 is 2.96 bits per heavy atom.